The second-order valence-corrected chi connectivity index (χ2v) is 5.36. The highest BCUT2D eigenvalue weighted by molar-refractivity contribution is 5.02. The Morgan fingerprint density at radius 2 is 1.74 bits per heavy atom. The molecule has 3 N–H and O–H groups in total. The number of likely N-dealkylation sites (N-methyl/N-ethyl adjacent to an activating group) is 1. The van der Waals surface area contributed by atoms with Gasteiger partial charge in [0.15, 0.2) is 0 Å². The molecule has 6 heteroatoms. The Hall–Kier alpha value is -0.330. The molecule has 1 rings (SSSR count). The van der Waals surface area contributed by atoms with Crippen LogP contribution in [0.4, 0.5) is 13.2 Å². The predicted octanol–water partition coefficient (Wildman–Crippen LogP) is 2.82. The van der Waals surface area contributed by atoms with E-state index >= 15 is 0 Å². The van der Waals surface area contributed by atoms with Gasteiger partial charge < -0.3 is 0 Å². The summed E-state index contributed by atoms with van der Waals surface area (Å²) >= 11 is 0. The zero-order chi connectivity index (χ0) is 14.5. The van der Waals surface area contributed by atoms with Crippen LogP contribution in [0.2, 0.25) is 0 Å². The molecule has 114 valence electrons. The Balaban J connectivity index is 2.82. The second kappa shape index (κ2) is 6.90. The lowest BCUT2D eigenvalue weighted by atomic mass is 9.83. The van der Waals surface area contributed by atoms with Gasteiger partial charge in [0.25, 0.3) is 0 Å². The van der Waals surface area contributed by atoms with Crippen LogP contribution >= 0.6 is 0 Å². The number of alkyl halides is 3. The van der Waals surface area contributed by atoms with Crippen molar-refractivity contribution >= 4 is 0 Å². The van der Waals surface area contributed by atoms with E-state index in [0.717, 1.165) is 38.8 Å². The number of rotatable bonds is 7. The van der Waals surface area contributed by atoms with Gasteiger partial charge in [-0.05, 0) is 32.4 Å². The summed E-state index contributed by atoms with van der Waals surface area (Å²) in [6.07, 6.45) is -0.830. The maximum Gasteiger partial charge on any atom is 0.389 e. The van der Waals surface area contributed by atoms with Crippen LogP contribution in [0, 0.1) is 0 Å². The number of hydrogen-bond donors (Lipinski definition) is 2. The van der Waals surface area contributed by atoms with Crippen molar-refractivity contribution < 1.29 is 13.2 Å². The highest BCUT2D eigenvalue weighted by Gasteiger charge is 2.45. The van der Waals surface area contributed by atoms with Crippen molar-refractivity contribution in [3.05, 3.63) is 0 Å². The van der Waals surface area contributed by atoms with Crippen molar-refractivity contribution in [1.29, 1.82) is 0 Å². The first kappa shape index (κ1) is 16.7. The molecule has 1 aliphatic rings. The van der Waals surface area contributed by atoms with Crippen LogP contribution in [0.1, 0.15) is 52.4 Å². The van der Waals surface area contributed by atoms with Gasteiger partial charge in [-0.1, -0.05) is 26.7 Å². The molecule has 1 atom stereocenters. The van der Waals surface area contributed by atoms with E-state index in [0.29, 0.717) is 0 Å². The zero-order valence-corrected chi connectivity index (χ0v) is 11.9. The first-order valence-corrected chi connectivity index (χ1v) is 7.17. The average Bonchev–Trinajstić information content (AvgIpc) is 2.80. The molecule has 3 nitrogen and oxygen atoms in total. The van der Waals surface area contributed by atoms with Crippen LogP contribution in [0.15, 0.2) is 0 Å². The maximum atomic E-state index is 12.4. The molecule has 0 aliphatic heterocycles. The van der Waals surface area contributed by atoms with E-state index in [1.54, 1.807) is 0 Å². The molecule has 0 spiro atoms. The molecule has 0 bridgehead atoms. The van der Waals surface area contributed by atoms with Crippen LogP contribution in [0.25, 0.3) is 0 Å². The van der Waals surface area contributed by atoms with Crippen LogP contribution in [-0.4, -0.2) is 35.7 Å². The summed E-state index contributed by atoms with van der Waals surface area (Å²) in [6, 6.07) is -0.295. The lowest BCUT2D eigenvalue weighted by Crippen LogP contribution is -2.61. The fourth-order valence-electron chi connectivity index (χ4n) is 3.54. The fourth-order valence-corrected chi connectivity index (χ4v) is 3.54. The van der Waals surface area contributed by atoms with Crippen LogP contribution in [-0.2, 0) is 0 Å². The third-order valence-electron chi connectivity index (χ3n) is 4.43. The van der Waals surface area contributed by atoms with Gasteiger partial charge in [-0.2, -0.15) is 13.2 Å². The number of hydrogen-bond acceptors (Lipinski definition) is 3. The summed E-state index contributed by atoms with van der Waals surface area (Å²) in [4.78, 5) is 2.28. The largest absolute Gasteiger partial charge is 0.389 e. The summed E-state index contributed by atoms with van der Waals surface area (Å²) in [5, 5.41) is 0. The summed E-state index contributed by atoms with van der Waals surface area (Å²) in [6.45, 7) is 5.81. The molecule has 1 fully saturated rings. The molecule has 0 heterocycles. The number of nitrogens with zero attached hydrogens (tertiary/aromatic N) is 1. The van der Waals surface area contributed by atoms with Gasteiger partial charge in [-0.25, -0.2) is 0 Å². The predicted molar refractivity (Wildman–Crippen MR) is 70.5 cm³/mol. The standard InChI is InChI=1S/C13H26F3N3/c1-3-19(4-2)12(8-5-6-9-12)11(18-17)7-10-13(14,15)16/h11,18H,3-10,17H2,1-2H3. The highest BCUT2D eigenvalue weighted by Crippen LogP contribution is 2.40. The van der Waals surface area contributed by atoms with Gasteiger partial charge in [0.2, 0.25) is 0 Å². The van der Waals surface area contributed by atoms with E-state index in [1.165, 1.54) is 0 Å². The minimum absolute atomic E-state index is 0.0521. The van der Waals surface area contributed by atoms with Crippen molar-refractivity contribution in [2.75, 3.05) is 13.1 Å². The minimum atomic E-state index is -4.11. The van der Waals surface area contributed by atoms with Crippen molar-refractivity contribution in [2.45, 2.75) is 70.1 Å². The average molecular weight is 281 g/mol. The molecule has 19 heavy (non-hydrogen) atoms. The molecule has 0 radical (unpaired) electrons. The lowest BCUT2D eigenvalue weighted by molar-refractivity contribution is -0.138. The molecule has 0 aromatic heterocycles. The molecule has 1 aliphatic carbocycles. The number of halogens is 3. The van der Waals surface area contributed by atoms with E-state index in [1.807, 2.05) is 0 Å². The van der Waals surface area contributed by atoms with Gasteiger partial charge in [-0.15, -0.1) is 0 Å². The first-order chi connectivity index (χ1) is 8.89. The van der Waals surface area contributed by atoms with E-state index in [4.69, 9.17) is 5.84 Å². The Labute approximate surface area is 113 Å². The van der Waals surface area contributed by atoms with Crippen molar-refractivity contribution in [3.8, 4) is 0 Å². The zero-order valence-electron chi connectivity index (χ0n) is 11.9. The summed E-state index contributed by atoms with van der Waals surface area (Å²) in [5.74, 6) is 5.57. The van der Waals surface area contributed by atoms with Crippen molar-refractivity contribution in [2.24, 2.45) is 5.84 Å². The van der Waals surface area contributed by atoms with Gasteiger partial charge in [0.05, 0.1) is 0 Å². The highest BCUT2D eigenvalue weighted by atomic mass is 19.4. The number of nitrogens with one attached hydrogen (secondary N) is 1. The molecule has 0 amide bonds. The van der Waals surface area contributed by atoms with Crippen molar-refractivity contribution in [3.63, 3.8) is 0 Å². The van der Waals surface area contributed by atoms with E-state index in [2.05, 4.69) is 24.2 Å². The molecule has 0 aromatic carbocycles. The number of nitrogens with two attached hydrogens (primary N) is 1. The molecular weight excluding hydrogens is 255 g/mol. The van der Waals surface area contributed by atoms with Crippen molar-refractivity contribution in [1.82, 2.24) is 10.3 Å². The second-order valence-electron chi connectivity index (χ2n) is 5.36. The molecular formula is C13H26F3N3. The Kier molecular flexibility index (Phi) is 6.08. The number of hydrazine groups is 1. The Morgan fingerprint density at radius 3 is 2.11 bits per heavy atom. The van der Waals surface area contributed by atoms with Gasteiger partial charge >= 0.3 is 6.18 Å². The van der Waals surface area contributed by atoms with Crippen LogP contribution < -0.4 is 11.3 Å². The third-order valence-corrected chi connectivity index (χ3v) is 4.43. The lowest BCUT2D eigenvalue weighted by Gasteiger charge is -2.46. The minimum Gasteiger partial charge on any atom is -0.297 e. The summed E-state index contributed by atoms with van der Waals surface area (Å²) < 4.78 is 37.3. The normalized spacial score (nSPS) is 21.0. The Bertz CT molecular complexity index is 258. The fraction of sp³-hybridized carbons (Fsp3) is 1.00. The van der Waals surface area contributed by atoms with Gasteiger partial charge in [0, 0.05) is 18.0 Å². The van der Waals surface area contributed by atoms with Gasteiger partial charge in [-0.3, -0.25) is 16.2 Å². The monoisotopic (exact) mass is 281 g/mol. The molecule has 1 saturated carbocycles. The van der Waals surface area contributed by atoms with E-state index < -0.39 is 12.6 Å². The smallest absolute Gasteiger partial charge is 0.297 e. The van der Waals surface area contributed by atoms with E-state index in [9.17, 15) is 13.2 Å². The first-order valence-electron chi connectivity index (χ1n) is 7.17. The molecule has 1 unspecified atom stereocenters. The molecule has 0 saturated heterocycles. The van der Waals surface area contributed by atoms with Gasteiger partial charge in [0.1, 0.15) is 0 Å². The topological polar surface area (TPSA) is 41.3 Å². The molecule has 0 aromatic rings. The summed E-state index contributed by atoms with van der Waals surface area (Å²) in [5.41, 5.74) is 2.46. The Morgan fingerprint density at radius 1 is 1.21 bits per heavy atom. The van der Waals surface area contributed by atoms with Crippen LogP contribution in [0.3, 0.4) is 0 Å². The van der Waals surface area contributed by atoms with E-state index in [-0.39, 0.29) is 18.0 Å². The maximum absolute atomic E-state index is 12.4. The summed E-state index contributed by atoms with van der Waals surface area (Å²) in [7, 11) is 0. The quantitative estimate of drug-likeness (QED) is 0.557. The van der Waals surface area contributed by atoms with Crippen LogP contribution in [0.5, 0.6) is 0 Å². The third kappa shape index (κ3) is 4.07. The SMILES string of the molecule is CCN(CC)C1(C(CCC(F)(F)F)NN)CCCC1.